The van der Waals surface area contributed by atoms with Gasteiger partial charge in [-0.05, 0) is 52.1 Å². The summed E-state index contributed by atoms with van der Waals surface area (Å²) in [5.74, 6) is 1.43. The maximum atomic E-state index is 10.00. The molecule has 3 aliphatic rings. The van der Waals surface area contributed by atoms with E-state index in [1.165, 1.54) is 38.8 Å². The van der Waals surface area contributed by atoms with Crippen LogP contribution in [0.5, 0.6) is 0 Å². The first-order valence-electron chi connectivity index (χ1n) is 9.73. The van der Waals surface area contributed by atoms with Gasteiger partial charge in [-0.25, -0.2) is 0 Å². The lowest BCUT2D eigenvalue weighted by Gasteiger charge is -2.32. The van der Waals surface area contributed by atoms with Crippen molar-refractivity contribution in [2.75, 3.05) is 39.3 Å². The maximum absolute atomic E-state index is 10.00. The summed E-state index contributed by atoms with van der Waals surface area (Å²) in [5.41, 5.74) is 0. The monoisotopic (exact) mass is 322 g/mol. The van der Waals surface area contributed by atoms with Gasteiger partial charge in [-0.3, -0.25) is 9.89 Å². The van der Waals surface area contributed by atoms with Gasteiger partial charge < -0.3 is 15.3 Å². The molecule has 132 valence electrons. The molecule has 5 nitrogen and oxygen atoms in total. The van der Waals surface area contributed by atoms with Crippen LogP contribution >= 0.6 is 0 Å². The number of rotatable bonds is 4. The van der Waals surface area contributed by atoms with Crippen LogP contribution in [0.3, 0.4) is 0 Å². The van der Waals surface area contributed by atoms with Crippen LogP contribution in [0, 0.1) is 5.92 Å². The third-order valence-electron chi connectivity index (χ3n) is 5.80. The highest BCUT2D eigenvalue weighted by Crippen LogP contribution is 2.26. The van der Waals surface area contributed by atoms with Crippen molar-refractivity contribution in [1.82, 2.24) is 15.1 Å². The van der Waals surface area contributed by atoms with E-state index in [-0.39, 0.29) is 6.10 Å². The summed E-state index contributed by atoms with van der Waals surface area (Å²) in [7, 11) is 0. The number of nitrogens with zero attached hydrogens (tertiary/aromatic N) is 3. The van der Waals surface area contributed by atoms with Crippen LogP contribution in [-0.4, -0.2) is 72.3 Å². The van der Waals surface area contributed by atoms with E-state index < -0.39 is 0 Å². The van der Waals surface area contributed by atoms with E-state index in [9.17, 15) is 5.11 Å². The fraction of sp³-hybridized carbons (Fsp3) is 0.944. The minimum atomic E-state index is -0.138. The molecule has 0 aromatic carbocycles. The third-order valence-corrected chi connectivity index (χ3v) is 5.80. The van der Waals surface area contributed by atoms with E-state index in [2.05, 4.69) is 22.0 Å². The highest BCUT2D eigenvalue weighted by atomic mass is 16.3. The van der Waals surface area contributed by atoms with Crippen LogP contribution in [-0.2, 0) is 0 Å². The molecule has 3 atom stereocenters. The molecule has 1 saturated carbocycles. The normalized spacial score (nSPS) is 33.4. The van der Waals surface area contributed by atoms with Crippen LogP contribution in [0.4, 0.5) is 0 Å². The molecule has 5 heteroatoms. The molecule has 1 aliphatic carbocycles. The largest absolute Gasteiger partial charge is 0.393 e. The van der Waals surface area contributed by atoms with Gasteiger partial charge in [-0.1, -0.05) is 12.8 Å². The predicted octanol–water partition coefficient (Wildman–Crippen LogP) is 1.67. The van der Waals surface area contributed by atoms with Gasteiger partial charge in [-0.15, -0.1) is 0 Å². The molecule has 3 fully saturated rings. The van der Waals surface area contributed by atoms with E-state index in [0.29, 0.717) is 12.0 Å². The van der Waals surface area contributed by atoms with Crippen LogP contribution in [0.1, 0.15) is 51.9 Å². The van der Waals surface area contributed by atoms with Crippen molar-refractivity contribution in [3.8, 4) is 0 Å². The van der Waals surface area contributed by atoms with E-state index in [1.54, 1.807) is 0 Å². The van der Waals surface area contributed by atoms with Crippen molar-refractivity contribution in [1.29, 1.82) is 0 Å². The average Bonchev–Trinajstić information content (AvgIpc) is 3.22. The van der Waals surface area contributed by atoms with E-state index in [0.717, 1.165) is 51.4 Å². The minimum Gasteiger partial charge on any atom is -0.393 e. The molecule has 2 heterocycles. The topological polar surface area (TPSA) is 51.1 Å². The molecule has 0 radical (unpaired) electrons. The standard InChI is InChI=1S/C18H34N4O/c1-2-19-18(20-13-15-7-6-8-17(15)23)22-12-9-16(14-22)21-10-4-3-5-11-21/h15-17,23H,2-14H2,1H3,(H,19,20). The van der Waals surface area contributed by atoms with Crippen molar-refractivity contribution in [2.24, 2.45) is 10.9 Å². The Morgan fingerprint density at radius 1 is 1.09 bits per heavy atom. The van der Waals surface area contributed by atoms with Crippen LogP contribution in [0.15, 0.2) is 4.99 Å². The predicted molar refractivity (Wildman–Crippen MR) is 94.7 cm³/mol. The zero-order chi connectivity index (χ0) is 16.1. The fourth-order valence-electron chi connectivity index (χ4n) is 4.38. The van der Waals surface area contributed by atoms with Gasteiger partial charge in [0.2, 0.25) is 0 Å². The number of aliphatic hydroxyl groups excluding tert-OH is 1. The Labute approximate surface area is 141 Å². The zero-order valence-corrected chi connectivity index (χ0v) is 14.7. The van der Waals surface area contributed by atoms with Gasteiger partial charge in [0.1, 0.15) is 0 Å². The Hall–Kier alpha value is -0.810. The van der Waals surface area contributed by atoms with Gasteiger partial charge in [0.25, 0.3) is 0 Å². The smallest absolute Gasteiger partial charge is 0.193 e. The molecular weight excluding hydrogens is 288 g/mol. The molecule has 2 N–H and O–H groups in total. The first-order chi connectivity index (χ1) is 11.3. The van der Waals surface area contributed by atoms with E-state index in [1.807, 2.05) is 0 Å². The lowest BCUT2D eigenvalue weighted by atomic mass is 10.1. The second-order valence-electron chi connectivity index (χ2n) is 7.44. The van der Waals surface area contributed by atoms with Crippen LogP contribution in [0.2, 0.25) is 0 Å². The van der Waals surface area contributed by atoms with Gasteiger partial charge in [0, 0.05) is 38.1 Å². The molecule has 2 aliphatic heterocycles. The second-order valence-corrected chi connectivity index (χ2v) is 7.44. The molecule has 0 aromatic rings. The zero-order valence-electron chi connectivity index (χ0n) is 14.7. The Balaban J connectivity index is 1.55. The molecule has 0 bridgehead atoms. The average molecular weight is 322 g/mol. The summed E-state index contributed by atoms with van der Waals surface area (Å²) in [6.07, 6.45) is 8.49. The summed E-state index contributed by atoms with van der Waals surface area (Å²) in [4.78, 5) is 9.98. The summed E-state index contributed by atoms with van der Waals surface area (Å²) in [5, 5.41) is 13.5. The lowest BCUT2D eigenvalue weighted by Crippen LogP contribution is -2.44. The first-order valence-corrected chi connectivity index (χ1v) is 9.73. The number of aliphatic hydroxyl groups is 1. The third kappa shape index (κ3) is 4.38. The fourth-order valence-corrected chi connectivity index (χ4v) is 4.38. The van der Waals surface area contributed by atoms with Crippen molar-refractivity contribution in [3.63, 3.8) is 0 Å². The van der Waals surface area contributed by atoms with Crippen LogP contribution in [0.25, 0.3) is 0 Å². The molecule has 2 saturated heterocycles. The van der Waals surface area contributed by atoms with Gasteiger partial charge in [0.15, 0.2) is 5.96 Å². The second kappa shape index (κ2) is 8.34. The number of hydrogen-bond donors (Lipinski definition) is 2. The number of nitrogens with one attached hydrogen (secondary N) is 1. The van der Waals surface area contributed by atoms with Crippen molar-refractivity contribution >= 4 is 5.96 Å². The van der Waals surface area contributed by atoms with E-state index >= 15 is 0 Å². The van der Waals surface area contributed by atoms with Crippen LogP contribution < -0.4 is 5.32 Å². The van der Waals surface area contributed by atoms with Gasteiger partial charge in [-0.2, -0.15) is 0 Å². The molecule has 23 heavy (non-hydrogen) atoms. The van der Waals surface area contributed by atoms with Crippen molar-refractivity contribution in [2.45, 2.75) is 64.0 Å². The first kappa shape index (κ1) is 17.0. The maximum Gasteiger partial charge on any atom is 0.193 e. The highest BCUT2D eigenvalue weighted by molar-refractivity contribution is 5.80. The number of likely N-dealkylation sites (tertiary alicyclic amines) is 2. The Bertz CT molecular complexity index is 394. The molecule has 3 unspecified atom stereocenters. The van der Waals surface area contributed by atoms with E-state index in [4.69, 9.17) is 4.99 Å². The number of guanidine groups is 1. The summed E-state index contributed by atoms with van der Waals surface area (Å²) < 4.78 is 0. The number of hydrogen-bond acceptors (Lipinski definition) is 3. The summed E-state index contributed by atoms with van der Waals surface area (Å²) in [6, 6.07) is 0.705. The van der Waals surface area contributed by atoms with Gasteiger partial charge in [0.05, 0.1) is 6.10 Å². The summed E-state index contributed by atoms with van der Waals surface area (Å²) >= 11 is 0. The number of piperidine rings is 1. The molecule has 3 rings (SSSR count). The molecule has 0 spiro atoms. The lowest BCUT2D eigenvalue weighted by molar-refractivity contribution is 0.136. The van der Waals surface area contributed by atoms with Crippen molar-refractivity contribution < 1.29 is 5.11 Å². The SMILES string of the molecule is CCNC(=NCC1CCCC1O)N1CCC(N2CCCCC2)C1. The number of aliphatic imine (C=N–C) groups is 1. The Kier molecular flexibility index (Phi) is 6.17. The van der Waals surface area contributed by atoms with Crippen molar-refractivity contribution in [3.05, 3.63) is 0 Å². The van der Waals surface area contributed by atoms with Gasteiger partial charge >= 0.3 is 0 Å². The minimum absolute atomic E-state index is 0.138. The molecule has 0 aromatic heterocycles. The molecular formula is C18H34N4O. The Morgan fingerprint density at radius 2 is 1.91 bits per heavy atom. The highest BCUT2D eigenvalue weighted by Gasteiger charge is 2.30. The Morgan fingerprint density at radius 3 is 2.61 bits per heavy atom. The summed E-state index contributed by atoms with van der Waals surface area (Å²) in [6.45, 7) is 8.60. The quantitative estimate of drug-likeness (QED) is 0.611. The molecule has 0 amide bonds.